The summed E-state index contributed by atoms with van der Waals surface area (Å²) in [5.41, 5.74) is 3.09. The summed E-state index contributed by atoms with van der Waals surface area (Å²) < 4.78 is 12.1. The molecule has 0 bridgehead atoms. The fraction of sp³-hybridized carbons (Fsp3) is 0.148. The lowest BCUT2D eigenvalue weighted by molar-refractivity contribution is -0.118. The largest absolute Gasteiger partial charge is 0.490 e. The van der Waals surface area contributed by atoms with Crippen LogP contribution in [-0.4, -0.2) is 30.2 Å². The van der Waals surface area contributed by atoms with Crippen molar-refractivity contribution < 1.29 is 19.1 Å². The summed E-state index contributed by atoms with van der Waals surface area (Å²) in [6, 6.07) is 16.0. The molecule has 4 rings (SSSR count). The number of hydrogen-bond acceptors (Lipinski definition) is 6. The molecule has 38 heavy (non-hydrogen) atoms. The first-order chi connectivity index (χ1) is 18.2. The van der Waals surface area contributed by atoms with Gasteiger partial charge < -0.3 is 20.1 Å². The van der Waals surface area contributed by atoms with E-state index in [0.717, 1.165) is 11.3 Å². The number of ether oxygens (including phenoxy) is 2. The highest BCUT2D eigenvalue weighted by atomic mass is 79.9. The predicted octanol–water partition coefficient (Wildman–Crippen LogP) is 7.37. The number of nitrogens with one attached hydrogen (secondary N) is 2. The van der Waals surface area contributed by atoms with Crippen LogP contribution in [0.1, 0.15) is 18.1 Å². The van der Waals surface area contributed by atoms with Gasteiger partial charge in [0.2, 0.25) is 0 Å². The molecule has 1 fully saturated rings. The van der Waals surface area contributed by atoms with Crippen molar-refractivity contribution in [2.24, 2.45) is 4.99 Å². The molecule has 7 nitrogen and oxygen atoms in total. The molecule has 11 heteroatoms. The highest BCUT2D eigenvalue weighted by molar-refractivity contribution is 9.10. The van der Waals surface area contributed by atoms with Crippen LogP contribution in [0.15, 0.2) is 69.0 Å². The molecule has 196 valence electrons. The van der Waals surface area contributed by atoms with E-state index >= 15 is 0 Å². The van der Waals surface area contributed by atoms with Crippen molar-refractivity contribution >= 4 is 85.3 Å². The molecule has 2 N–H and O–H groups in total. The van der Waals surface area contributed by atoms with Crippen molar-refractivity contribution in [3.8, 4) is 11.5 Å². The molecule has 2 amide bonds. The minimum atomic E-state index is -0.386. The Hall–Kier alpha value is -2.98. The number of thioether (sulfide) groups is 1. The standard InChI is InChI=1S/C27H22BrCl2N3O4S/c1-3-36-22-11-16(12-23-26(35)33-27(38-23)32-17-6-4-15(2)5-7-17)10-19(28)25(22)37-14-24(34)31-18-8-9-20(29)21(30)13-18/h4-13H,3,14H2,1-2H3,(H,31,34)(H,32,33,35)/b23-12+. The Labute approximate surface area is 242 Å². The topological polar surface area (TPSA) is 89.0 Å². The van der Waals surface area contributed by atoms with Gasteiger partial charge in [-0.2, -0.15) is 0 Å². The second-order valence-corrected chi connectivity index (χ2v) is 10.7. The number of hydrogen-bond donors (Lipinski definition) is 2. The molecule has 0 radical (unpaired) electrons. The maximum atomic E-state index is 12.6. The van der Waals surface area contributed by atoms with Gasteiger partial charge in [-0.15, -0.1) is 0 Å². The van der Waals surface area contributed by atoms with Gasteiger partial charge in [-0.1, -0.05) is 40.9 Å². The average molecular weight is 635 g/mol. The van der Waals surface area contributed by atoms with E-state index in [2.05, 4.69) is 31.6 Å². The lowest BCUT2D eigenvalue weighted by Crippen LogP contribution is -2.20. The number of anilines is 1. The molecule has 1 aliphatic heterocycles. The Morgan fingerprint density at radius 3 is 2.58 bits per heavy atom. The van der Waals surface area contributed by atoms with Crippen molar-refractivity contribution in [3.63, 3.8) is 0 Å². The van der Waals surface area contributed by atoms with Crippen molar-refractivity contribution in [2.75, 3.05) is 18.5 Å². The van der Waals surface area contributed by atoms with Crippen molar-refractivity contribution in [1.82, 2.24) is 5.32 Å². The van der Waals surface area contributed by atoms with Crippen LogP contribution in [0, 0.1) is 6.92 Å². The number of nitrogens with zero attached hydrogens (tertiary/aromatic N) is 1. The van der Waals surface area contributed by atoms with Crippen LogP contribution in [0.2, 0.25) is 10.0 Å². The molecule has 1 heterocycles. The molecule has 1 aliphatic rings. The quantitative estimate of drug-likeness (QED) is 0.253. The van der Waals surface area contributed by atoms with Crippen LogP contribution in [0.25, 0.3) is 6.08 Å². The maximum absolute atomic E-state index is 12.6. The molecule has 0 aromatic heterocycles. The Morgan fingerprint density at radius 2 is 1.87 bits per heavy atom. The predicted molar refractivity (Wildman–Crippen MR) is 158 cm³/mol. The summed E-state index contributed by atoms with van der Waals surface area (Å²) in [4.78, 5) is 30.0. The van der Waals surface area contributed by atoms with Gasteiger partial charge in [0.15, 0.2) is 23.3 Å². The van der Waals surface area contributed by atoms with Crippen molar-refractivity contribution in [3.05, 3.63) is 85.1 Å². The Balaban J connectivity index is 1.48. The first-order valence-electron chi connectivity index (χ1n) is 11.4. The number of amidine groups is 1. The number of aryl methyl sites for hydroxylation is 1. The van der Waals surface area contributed by atoms with Crippen LogP contribution in [0.5, 0.6) is 11.5 Å². The lowest BCUT2D eigenvalue weighted by atomic mass is 10.2. The lowest BCUT2D eigenvalue weighted by Gasteiger charge is -2.15. The van der Waals surface area contributed by atoms with Crippen LogP contribution in [0.4, 0.5) is 11.4 Å². The molecular formula is C27H22BrCl2N3O4S. The summed E-state index contributed by atoms with van der Waals surface area (Å²) in [5.74, 6) is 0.161. The SMILES string of the molecule is CCOc1cc(/C=C2/SC(=Nc3ccc(C)cc3)NC2=O)cc(Br)c1OCC(=O)Nc1ccc(Cl)c(Cl)c1. The van der Waals surface area contributed by atoms with E-state index in [9.17, 15) is 9.59 Å². The fourth-order valence-corrected chi connectivity index (χ4v) is 5.07. The molecule has 0 spiro atoms. The van der Waals surface area contributed by atoms with E-state index in [0.29, 0.717) is 53.9 Å². The molecule has 0 atom stereocenters. The summed E-state index contributed by atoms with van der Waals surface area (Å²) in [7, 11) is 0. The number of aliphatic imine (C=N–C) groups is 1. The molecule has 3 aromatic rings. The molecular weight excluding hydrogens is 613 g/mol. The van der Waals surface area contributed by atoms with E-state index in [1.54, 1.807) is 36.4 Å². The van der Waals surface area contributed by atoms with E-state index in [-0.39, 0.29) is 18.4 Å². The van der Waals surface area contributed by atoms with Crippen LogP contribution in [0.3, 0.4) is 0 Å². The van der Waals surface area contributed by atoms with E-state index in [4.69, 9.17) is 32.7 Å². The fourth-order valence-electron chi connectivity index (χ4n) is 3.35. The second-order valence-electron chi connectivity index (χ2n) is 8.05. The monoisotopic (exact) mass is 633 g/mol. The molecule has 0 aliphatic carbocycles. The molecule has 3 aromatic carbocycles. The van der Waals surface area contributed by atoms with Crippen LogP contribution < -0.4 is 20.1 Å². The Morgan fingerprint density at radius 1 is 1.11 bits per heavy atom. The van der Waals surface area contributed by atoms with E-state index in [1.165, 1.54) is 11.8 Å². The maximum Gasteiger partial charge on any atom is 0.264 e. The van der Waals surface area contributed by atoms with Gasteiger partial charge >= 0.3 is 0 Å². The third-order valence-electron chi connectivity index (χ3n) is 5.10. The number of carbonyl (C=O) groups excluding carboxylic acids is 2. The highest BCUT2D eigenvalue weighted by Gasteiger charge is 2.24. The molecule has 0 unspecified atom stereocenters. The number of halogens is 3. The number of amides is 2. The van der Waals surface area contributed by atoms with Gasteiger partial charge in [-0.25, -0.2) is 4.99 Å². The van der Waals surface area contributed by atoms with E-state index < -0.39 is 0 Å². The average Bonchev–Trinajstić information content (AvgIpc) is 3.20. The minimum absolute atomic E-state index is 0.241. The molecule has 0 saturated carbocycles. The van der Waals surface area contributed by atoms with Crippen LogP contribution >= 0.6 is 50.9 Å². The zero-order chi connectivity index (χ0) is 27.2. The number of rotatable bonds is 8. The van der Waals surface area contributed by atoms with Gasteiger partial charge in [0.05, 0.1) is 31.7 Å². The normalized spacial score (nSPS) is 15.0. The zero-order valence-electron chi connectivity index (χ0n) is 20.3. The first kappa shape index (κ1) is 28.0. The Kier molecular flexibility index (Phi) is 9.38. The van der Waals surface area contributed by atoms with Gasteiger partial charge in [-0.05, 0) is 95.6 Å². The van der Waals surface area contributed by atoms with Gasteiger partial charge in [0.25, 0.3) is 11.8 Å². The second kappa shape index (κ2) is 12.7. The van der Waals surface area contributed by atoms with E-state index in [1.807, 2.05) is 38.1 Å². The highest BCUT2D eigenvalue weighted by Crippen LogP contribution is 2.38. The van der Waals surface area contributed by atoms with Crippen molar-refractivity contribution in [1.29, 1.82) is 0 Å². The summed E-state index contributed by atoms with van der Waals surface area (Å²) in [6.45, 7) is 3.95. The third-order valence-corrected chi connectivity index (χ3v) is 7.33. The van der Waals surface area contributed by atoms with Gasteiger partial charge in [-0.3, -0.25) is 9.59 Å². The smallest absolute Gasteiger partial charge is 0.264 e. The summed E-state index contributed by atoms with van der Waals surface area (Å²) >= 11 is 16.7. The number of carbonyl (C=O) groups is 2. The first-order valence-corrected chi connectivity index (χ1v) is 13.8. The van der Waals surface area contributed by atoms with Gasteiger partial charge in [0, 0.05) is 5.69 Å². The number of benzene rings is 3. The van der Waals surface area contributed by atoms with Crippen LogP contribution in [-0.2, 0) is 9.59 Å². The molecule has 1 saturated heterocycles. The summed E-state index contributed by atoms with van der Waals surface area (Å²) in [5, 5.41) is 6.73. The summed E-state index contributed by atoms with van der Waals surface area (Å²) in [6.07, 6.45) is 1.74. The van der Waals surface area contributed by atoms with Crippen molar-refractivity contribution in [2.45, 2.75) is 13.8 Å². The van der Waals surface area contributed by atoms with Gasteiger partial charge in [0.1, 0.15) is 0 Å². The Bertz CT molecular complexity index is 1440. The zero-order valence-corrected chi connectivity index (χ0v) is 24.2. The minimum Gasteiger partial charge on any atom is -0.490 e. The third kappa shape index (κ3) is 7.32.